The molecule has 0 radical (unpaired) electrons. The van der Waals surface area contributed by atoms with Crippen molar-refractivity contribution in [2.45, 2.75) is 0 Å². The molecule has 0 aliphatic heterocycles. The van der Waals surface area contributed by atoms with Crippen molar-refractivity contribution < 1.29 is 14.1 Å². The van der Waals surface area contributed by atoms with Gasteiger partial charge in [-0.05, 0) is 0 Å². The molecule has 0 aromatic rings. The Balaban J connectivity index is -0.0000000150. The van der Waals surface area contributed by atoms with Crippen LogP contribution in [0, 0.1) is 0 Å². The Morgan fingerprint density at radius 2 is 1.00 bits per heavy atom. The van der Waals surface area contributed by atoms with E-state index < -0.39 is 9.17 Å². The zero-order chi connectivity index (χ0) is 3.58. The molecule has 0 amide bonds. The van der Waals surface area contributed by atoms with Crippen LogP contribution < -0.4 is 0 Å². The quantitative estimate of drug-likeness (QED) is 0.349. The van der Waals surface area contributed by atoms with Crippen LogP contribution in [0.15, 0.2) is 0 Å². The standard InChI is InChI=1S/3Mg.H2O3Si.6H/c;;;1-4(2)3;;;;;;/h;;;1-2H;;;;;;. The van der Waals surface area contributed by atoms with Gasteiger partial charge in [0.05, 0.1) is 0 Å². The van der Waals surface area contributed by atoms with E-state index in [0.717, 1.165) is 0 Å². The molecule has 0 aromatic carbocycles. The van der Waals surface area contributed by atoms with Crippen molar-refractivity contribution in [1.82, 2.24) is 0 Å². The molecule has 0 fully saturated rings. The summed E-state index contributed by atoms with van der Waals surface area (Å²) in [5, 5.41) is 0. The van der Waals surface area contributed by atoms with E-state index >= 15 is 0 Å². The lowest BCUT2D eigenvalue weighted by atomic mass is 15.8. The molecule has 3 nitrogen and oxygen atoms in total. The number of rotatable bonds is 0. The van der Waals surface area contributed by atoms with Crippen LogP contribution in [-0.2, 0) is 4.46 Å². The van der Waals surface area contributed by atoms with Crippen LogP contribution in [-0.4, -0.2) is 87.9 Å². The first-order valence-corrected chi connectivity index (χ1v) is 1.95. The molecule has 0 unspecified atom stereocenters. The minimum atomic E-state index is -3.13. The van der Waals surface area contributed by atoms with Gasteiger partial charge in [-0.2, -0.15) is 0 Å². The third-order valence-electron chi connectivity index (χ3n) is 0. The molecule has 0 heterocycles. The average Bonchev–Trinajstić information content (AvgIpc) is 0.811. The van der Waals surface area contributed by atoms with Crippen molar-refractivity contribution >= 4 is 78.3 Å². The van der Waals surface area contributed by atoms with E-state index in [4.69, 9.17) is 14.1 Å². The lowest BCUT2D eigenvalue weighted by molar-refractivity contribution is 0.330. The van der Waals surface area contributed by atoms with Crippen molar-refractivity contribution in [3.63, 3.8) is 0 Å². The predicted molar refractivity (Wildman–Crippen MR) is 36.5 cm³/mol. The summed E-state index contributed by atoms with van der Waals surface area (Å²) < 4.78 is 8.74. The third kappa shape index (κ3) is 75.5. The molecule has 2 N–H and O–H groups in total. The Labute approximate surface area is 91.2 Å². The topological polar surface area (TPSA) is 57.5 Å². The second-order valence-electron chi connectivity index (χ2n) is 0.283. The first-order valence-electron chi connectivity index (χ1n) is 0.651. The van der Waals surface area contributed by atoms with Crippen LogP contribution >= 0.6 is 0 Å². The summed E-state index contributed by atoms with van der Waals surface area (Å²) in [7, 11) is -3.13. The molecule has 0 aliphatic rings. The maximum absolute atomic E-state index is 8.74. The second-order valence-corrected chi connectivity index (χ2v) is 0.848. The molecule has 36 valence electrons. The van der Waals surface area contributed by atoms with Gasteiger partial charge in [0.2, 0.25) is 0 Å². The Morgan fingerprint density at radius 3 is 1.00 bits per heavy atom. The van der Waals surface area contributed by atoms with Gasteiger partial charge in [-0.15, -0.1) is 0 Å². The molecule has 0 aliphatic carbocycles. The molecule has 0 atom stereocenters. The first kappa shape index (κ1) is 23.1. The summed E-state index contributed by atoms with van der Waals surface area (Å²) >= 11 is 0. The minimum Gasteiger partial charge on any atom is -0.511 e. The van der Waals surface area contributed by atoms with E-state index in [-0.39, 0.29) is 69.2 Å². The molecule has 7 heavy (non-hydrogen) atoms. The molecule has 0 saturated carbocycles. The zero-order valence-electron chi connectivity index (χ0n) is 1.80. The fourth-order valence-corrected chi connectivity index (χ4v) is 0. The number of hydrogen-bond donors (Lipinski definition) is 2. The van der Waals surface area contributed by atoms with Crippen LogP contribution in [0.2, 0.25) is 0 Å². The molecule has 0 saturated heterocycles. The largest absolute Gasteiger partial charge is 0.761 e. The highest BCUT2D eigenvalue weighted by atomic mass is 28.3. The Bertz CT molecular complexity index is 33.2. The highest BCUT2D eigenvalue weighted by molar-refractivity contribution is 6.22. The van der Waals surface area contributed by atoms with E-state index in [2.05, 4.69) is 0 Å². The van der Waals surface area contributed by atoms with Gasteiger partial charge in [-0.1, -0.05) is 0 Å². The van der Waals surface area contributed by atoms with E-state index in [1.54, 1.807) is 0 Å². The predicted octanol–water partition coefficient (Wildman–Crippen LogP) is -4.36. The van der Waals surface area contributed by atoms with Gasteiger partial charge < -0.3 is 9.59 Å². The van der Waals surface area contributed by atoms with E-state index in [0.29, 0.717) is 0 Å². The molecule has 0 aromatic heterocycles. The van der Waals surface area contributed by atoms with Gasteiger partial charge in [0.15, 0.2) is 0 Å². The Kier molecular flexibility index (Phi) is 51.7. The van der Waals surface area contributed by atoms with E-state index in [1.165, 1.54) is 0 Å². The van der Waals surface area contributed by atoms with Crippen molar-refractivity contribution in [3.8, 4) is 0 Å². The summed E-state index contributed by atoms with van der Waals surface area (Å²) in [4.78, 5) is 14.3. The summed E-state index contributed by atoms with van der Waals surface area (Å²) in [6, 6.07) is 0. The van der Waals surface area contributed by atoms with E-state index in [1.807, 2.05) is 0 Å². The summed E-state index contributed by atoms with van der Waals surface area (Å²) in [5.74, 6) is 0. The van der Waals surface area contributed by atoms with Gasteiger partial charge in [-0.25, -0.2) is 0 Å². The maximum Gasteiger partial charge on any atom is 0.761 e. The molecule has 0 spiro atoms. The average molecular weight is 157 g/mol. The summed E-state index contributed by atoms with van der Waals surface area (Å²) in [6.07, 6.45) is 0. The maximum atomic E-state index is 8.74. The molecule has 0 rings (SSSR count). The highest BCUT2D eigenvalue weighted by Crippen LogP contribution is 1.27. The van der Waals surface area contributed by atoms with E-state index in [9.17, 15) is 0 Å². The molecular formula is H8Mg3O3Si. The normalized spacial score (nSPS) is 3.43. The second kappa shape index (κ2) is 15.7. The van der Waals surface area contributed by atoms with Crippen LogP contribution in [0.3, 0.4) is 0 Å². The number of hydrogen-bond acceptors (Lipinski definition) is 1. The van der Waals surface area contributed by atoms with Gasteiger partial charge in [-0.3, -0.25) is 4.46 Å². The van der Waals surface area contributed by atoms with Gasteiger partial charge in [0, 0.05) is 0 Å². The molecular weight excluding hydrogens is 149 g/mol. The lowest BCUT2D eigenvalue weighted by Gasteiger charge is -1.55. The fourth-order valence-electron chi connectivity index (χ4n) is 0. The zero-order valence-corrected chi connectivity index (χ0v) is 2.80. The van der Waals surface area contributed by atoms with Crippen molar-refractivity contribution in [1.29, 1.82) is 0 Å². The van der Waals surface area contributed by atoms with Crippen molar-refractivity contribution in [2.24, 2.45) is 0 Å². The minimum absolute atomic E-state index is 0. The van der Waals surface area contributed by atoms with Crippen molar-refractivity contribution in [3.05, 3.63) is 0 Å². The molecule has 7 heteroatoms. The van der Waals surface area contributed by atoms with Gasteiger partial charge >= 0.3 is 78.3 Å². The third-order valence-corrected chi connectivity index (χ3v) is 0. The lowest BCUT2D eigenvalue weighted by Crippen LogP contribution is -1.90. The fraction of sp³-hybridized carbons (Fsp3) is 0. The van der Waals surface area contributed by atoms with Crippen LogP contribution in [0.1, 0.15) is 0 Å². The Morgan fingerprint density at radius 1 is 1.00 bits per heavy atom. The molecule has 0 bridgehead atoms. The van der Waals surface area contributed by atoms with Crippen LogP contribution in [0.4, 0.5) is 0 Å². The SMILES string of the molecule is O=[Si](O)O.[MgH2].[MgH2].[MgH2]. The van der Waals surface area contributed by atoms with Crippen molar-refractivity contribution in [2.75, 3.05) is 0 Å². The van der Waals surface area contributed by atoms with Crippen LogP contribution in [0.25, 0.3) is 0 Å². The smallest absolute Gasteiger partial charge is 0.511 e. The summed E-state index contributed by atoms with van der Waals surface area (Å²) in [6.45, 7) is 0. The summed E-state index contributed by atoms with van der Waals surface area (Å²) in [5.41, 5.74) is 0. The monoisotopic (exact) mass is 156 g/mol. The Hall–Kier alpha value is 1.92. The van der Waals surface area contributed by atoms with Gasteiger partial charge in [0.1, 0.15) is 0 Å². The highest BCUT2D eigenvalue weighted by Gasteiger charge is 1.85. The first-order chi connectivity index (χ1) is 1.73. The van der Waals surface area contributed by atoms with Gasteiger partial charge in [0.25, 0.3) is 0 Å². The van der Waals surface area contributed by atoms with Crippen LogP contribution in [0.5, 0.6) is 0 Å².